The number of hydrogen-bond acceptors (Lipinski definition) is 6. The van der Waals surface area contributed by atoms with Crippen molar-refractivity contribution in [1.29, 1.82) is 0 Å². The van der Waals surface area contributed by atoms with E-state index in [1.165, 1.54) is 0 Å². The van der Waals surface area contributed by atoms with E-state index in [-0.39, 0.29) is 24.6 Å². The number of Topliss-reactive ketones (excluding diaryl/α,β-unsaturated/α-hetero) is 1. The first-order chi connectivity index (χ1) is 15.9. The summed E-state index contributed by atoms with van der Waals surface area (Å²) in [5.41, 5.74) is 4.65. The van der Waals surface area contributed by atoms with Gasteiger partial charge in [0, 0.05) is 29.3 Å². The molecule has 0 aromatic heterocycles. The van der Waals surface area contributed by atoms with Crippen molar-refractivity contribution >= 4 is 11.8 Å². The molecule has 1 aliphatic carbocycles. The fraction of sp³-hybridized carbons (Fsp3) is 0.333. The van der Waals surface area contributed by atoms with Crippen molar-refractivity contribution in [2.24, 2.45) is 0 Å². The Morgan fingerprint density at radius 2 is 1.79 bits per heavy atom. The molecule has 2 aromatic rings. The van der Waals surface area contributed by atoms with Crippen LogP contribution in [0, 0.1) is 0 Å². The van der Waals surface area contributed by atoms with Crippen LogP contribution in [0.25, 0.3) is 0 Å². The minimum absolute atomic E-state index is 0.0441. The lowest BCUT2D eigenvalue weighted by molar-refractivity contribution is -0.143. The smallest absolute Gasteiger partial charge is 0.337 e. The van der Waals surface area contributed by atoms with Gasteiger partial charge in [0.2, 0.25) is 6.79 Å². The molecular weight excluding hydrogens is 418 g/mol. The highest BCUT2D eigenvalue weighted by Crippen LogP contribution is 2.47. The van der Waals surface area contributed by atoms with Gasteiger partial charge in [0.15, 0.2) is 17.3 Å². The van der Waals surface area contributed by atoms with Crippen LogP contribution in [0.3, 0.4) is 0 Å². The monoisotopic (exact) mass is 445 g/mol. The van der Waals surface area contributed by atoms with Crippen molar-refractivity contribution in [3.63, 3.8) is 0 Å². The van der Waals surface area contributed by atoms with Crippen LogP contribution < -0.4 is 14.8 Å². The number of carbonyl (C=O) groups is 2. The summed E-state index contributed by atoms with van der Waals surface area (Å²) in [5, 5.41) is 3.39. The molecular formula is C27H27NO5. The van der Waals surface area contributed by atoms with Crippen LogP contribution in [-0.4, -0.2) is 24.6 Å². The molecule has 0 saturated carbocycles. The summed E-state index contributed by atoms with van der Waals surface area (Å²) in [6.45, 7) is 5.67. The second-order valence-electron chi connectivity index (χ2n) is 8.99. The third kappa shape index (κ3) is 3.90. The number of carbonyl (C=O) groups excluding carboxylic acids is 2. The van der Waals surface area contributed by atoms with Gasteiger partial charge in [-0.1, -0.05) is 36.4 Å². The Hall–Kier alpha value is -3.54. The first-order valence-corrected chi connectivity index (χ1v) is 11.3. The number of ether oxygens (including phenoxy) is 3. The topological polar surface area (TPSA) is 73.9 Å². The molecule has 2 heterocycles. The number of dihydropyridines is 1. The summed E-state index contributed by atoms with van der Waals surface area (Å²) < 4.78 is 16.6. The molecule has 0 spiro atoms. The number of esters is 1. The third-order valence-electron chi connectivity index (χ3n) is 6.39. The van der Waals surface area contributed by atoms with Gasteiger partial charge in [-0.05, 0) is 56.4 Å². The van der Waals surface area contributed by atoms with Gasteiger partial charge in [0.05, 0.1) is 11.7 Å². The van der Waals surface area contributed by atoms with Gasteiger partial charge in [-0.3, -0.25) is 4.79 Å². The summed E-state index contributed by atoms with van der Waals surface area (Å²) in [6, 6.07) is 15.7. The Bertz CT molecular complexity index is 1180. The van der Waals surface area contributed by atoms with Gasteiger partial charge < -0.3 is 19.5 Å². The minimum Gasteiger partial charge on any atom is -0.460 e. The molecule has 0 fully saturated rings. The van der Waals surface area contributed by atoms with Gasteiger partial charge in [-0.15, -0.1) is 0 Å². The summed E-state index contributed by atoms with van der Waals surface area (Å²) in [5.74, 6) is 0.483. The van der Waals surface area contributed by atoms with Crippen LogP contribution in [-0.2, 0) is 14.3 Å². The van der Waals surface area contributed by atoms with E-state index in [0.717, 1.165) is 16.8 Å². The second kappa shape index (κ2) is 8.43. The Morgan fingerprint density at radius 1 is 1.03 bits per heavy atom. The highest BCUT2D eigenvalue weighted by molar-refractivity contribution is 6.04. The Morgan fingerprint density at radius 3 is 2.55 bits per heavy atom. The Balaban J connectivity index is 1.60. The van der Waals surface area contributed by atoms with E-state index in [0.29, 0.717) is 41.2 Å². The standard InChI is InChI=1S/C27H27NO5/c1-15(2)33-27(30)24-16(3)28-20-11-19(17-7-5-4-6-8-17)12-21(29)26(20)25(24)18-9-10-22-23(13-18)32-14-31-22/h4-10,13,15,19,25,28H,11-12,14H2,1-3H3/t19-,25+/m1/s1. The normalized spacial score (nSPS) is 21.8. The maximum absolute atomic E-state index is 13.6. The van der Waals surface area contributed by atoms with Crippen molar-refractivity contribution in [1.82, 2.24) is 5.32 Å². The van der Waals surface area contributed by atoms with Crippen molar-refractivity contribution in [3.8, 4) is 11.5 Å². The number of rotatable bonds is 4. The zero-order valence-corrected chi connectivity index (χ0v) is 19.0. The second-order valence-corrected chi connectivity index (χ2v) is 8.99. The van der Waals surface area contributed by atoms with Crippen LogP contribution in [0.15, 0.2) is 71.1 Å². The molecule has 2 aromatic carbocycles. The summed E-state index contributed by atoms with van der Waals surface area (Å²) in [4.78, 5) is 26.8. The molecule has 0 unspecified atom stereocenters. The maximum atomic E-state index is 13.6. The lowest BCUT2D eigenvalue weighted by Gasteiger charge is -2.37. The van der Waals surface area contributed by atoms with Crippen molar-refractivity contribution in [2.45, 2.75) is 51.6 Å². The molecule has 5 rings (SSSR count). The van der Waals surface area contributed by atoms with E-state index in [1.807, 2.05) is 57.2 Å². The highest BCUT2D eigenvalue weighted by atomic mass is 16.7. The van der Waals surface area contributed by atoms with Gasteiger partial charge in [0.25, 0.3) is 0 Å². The molecule has 2 aliphatic heterocycles. The van der Waals surface area contributed by atoms with Gasteiger partial charge in [-0.2, -0.15) is 0 Å². The number of nitrogens with one attached hydrogen (secondary N) is 1. The number of hydrogen-bond donors (Lipinski definition) is 1. The van der Waals surface area contributed by atoms with E-state index in [9.17, 15) is 9.59 Å². The maximum Gasteiger partial charge on any atom is 0.337 e. The molecule has 0 amide bonds. The molecule has 0 saturated heterocycles. The average molecular weight is 446 g/mol. The fourth-order valence-corrected chi connectivity index (χ4v) is 4.97. The molecule has 6 heteroatoms. The number of ketones is 1. The van der Waals surface area contributed by atoms with Gasteiger partial charge in [0.1, 0.15) is 0 Å². The zero-order chi connectivity index (χ0) is 23.1. The van der Waals surface area contributed by atoms with Crippen molar-refractivity contribution < 1.29 is 23.8 Å². The molecule has 3 aliphatic rings. The van der Waals surface area contributed by atoms with Crippen LogP contribution in [0.5, 0.6) is 11.5 Å². The van der Waals surface area contributed by atoms with E-state index in [2.05, 4.69) is 17.4 Å². The van der Waals surface area contributed by atoms with Gasteiger partial charge in [-0.25, -0.2) is 4.79 Å². The van der Waals surface area contributed by atoms with Crippen LogP contribution in [0.1, 0.15) is 56.6 Å². The van der Waals surface area contributed by atoms with Gasteiger partial charge >= 0.3 is 5.97 Å². The molecule has 170 valence electrons. The zero-order valence-electron chi connectivity index (χ0n) is 19.0. The first-order valence-electron chi connectivity index (χ1n) is 11.3. The average Bonchev–Trinajstić information content (AvgIpc) is 3.26. The molecule has 1 N–H and O–H groups in total. The lowest BCUT2D eigenvalue weighted by atomic mass is 9.71. The molecule has 0 bridgehead atoms. The molecule has 2 atom stereocenters. The molecule has 6 nitrogen and oxygen atoms in total. The molecule has 0 radical (unpaired) electrons. The quantitative estimate of drug-likeness (QED) is 0.686. The van der Waals surface area contributed by atoms with Crippen LogP contribution in [0.4, 0.5) is 0 Å². The lowest BCUT2D eigenvalue weighted by Crippen LogP contribution is -2.36. The largest absolute Gasteiger partial charge is 0.460 e. The minimum atomic E-state index is -0.522. The van der Waals surface area contributed by atoms with E-state index in [1.54, 1.807) is 0 Å². The third-order valence-corrected chi connectivity index (χ3v) is 6.39. The Labute approximate surface area is 193 Å². The fourth-order valence-electron chi connectivity index (χ4n) is 4.97. The molecule has 33 heavy (non-hydrogen) atoms. The van der Waals surface area contributed by atoms with Crippen LogP contribution in [0.2, 0.25) is 0 Å². The predicted molar refractivity (Wildman–Crippen MR) is 123 cm³/mol. The number of benzene rings is 2. The van der Waals surface area contributed by atoms with E-state index in [4.69, 9.17) is 14.2 Å². The van der Waals surface area contributed by atoms with E-state index < -0.39 is 11.9 Å². The SMILES string of the molecule is CC1=C(C(=O)OC(C)C)[C@H](c2ccc3c(c2)OCO3)C2=C(C[C@@H](c3ccccc3)CC2=O)N1. The number of allylic oxidation sites excluding steroid dienone is 3. The summed E-state index contributed by atoms with van der Waals surface area (Å²) >= 11 is 0. The first kappa shape index (κ1) is 21.3. The van der Waals surface area contributed by atoms with Crippen molar-refractivity contribution in [2.75, 3.05) is 6.79 Å². The van der Waals surface area contributed by atoms with Crippen molar-refractivity contribution in [3.05, 3.63) is 82.2 Å². The van der Waals surface area contributed by atoms with Crippen LogP contribution >= 0.6 is 0 Å². The highest BCUT2D eigenvalue weighted by Gasteiger charge is 2.42. The number of fused-ring (bicyclic) bond motifs is 1. The summed E-state index contributed by atoms with van der Waals surface area (Å²) in [6.07, 6.45) is 0.836. The van der Waals surface area contributed by atoms with E-state index >= 15 is 0 Å². The Kier molecular flexibility index (Phi) is 5.44. The summed E-state index contributed by atoms with van der Waals surface area (Å²) in [7, 11) is 0. The predicted octanol–water partition coefficient (Wildman–Crippen LogP) is 4.73.